The van der Waals surface area contributed by atoms with E-state index in [0.29, 0.717) is 32.2 Å². The highest BCUT2D eigenvalue weighted by atomic mass is 32.2. The summed E-state index contributed by atoms with van der Waals surface area (Å²) in [5, 5.41) is 2.63. The van der Waals surface area contributed by atoms with Crippen molar-refractivity contribution in [2.24, 2.45) is 0 Å². The summed E-state index contributed by atoms with van der Waals surface area (Å²) in [7, 11) is 0. The molecule has 10 nitrogen and oxygen atoms in total. The molecular weight excluding hydrogens is 673 g/mol. The summed E-state index contributed by atoms with van der Waals surface area (Å²) in [6.45, 7) is 9.21. The second-order valence-corrected chi connectivity index (χ2v) is 15.7. The number of benzene rings is 2. The summed E-state index contributed by atoms with van der Waals surface area (Å²) in [5.41, 5.74) is -1.40. The number of hydrogen-bond acceptors (Lipinski definition) is 7. The van der Waals surface area contributed by atoms with Gasteiger partial charge in [-0.2, -0.15) is 13.2 Å². The van der Waals surface area contributed by atoms with Gasteiger partial charge in [0.05, 0.1) is 27.6 Å². The van der Waals surface area contributed by atoms with Crippen molar-refractivity contribution in [3.8, 4) is 0 Å². The lowest BCUT2D eigenvalue weighted by Crippen LogP contribution is -2.55. The van der Waals surface area contributed by atoms with Gasteiger partial charge >= 0.3 is 18.4 Å². The van der Waals surface area contributed by atoms with E-state index in [1.54, 1.807) is 34.6 Å². The number of hydrogen-bond donors (Lipinski definition) is 1. The maximum Gasteiger partial charge on any atom is 0.417 e. The first kappa shape index (κ1) is 37.3. The molecule has 3 aliphatic rings. The number of halogens is 3. The topological polar surface area (TPSA) is 108 Å². The predicted octanol–water partition coefficient (Wildman–Crippen LogP) is 7.24. The maximum atomic E-state index is 14.8. The lowest BCUT2D eigenvalue weighted by molar-refractivity contribution is -0.138. The van der Waals surface area contributed by atoms with E-state index in [2.05, 4.69) is 5.32 Å². The number of nitrogens with zero attached hydrogens (tertiary/aromatic N) is 3. The van der Waals surface area contributed by atoms with Gasteiger partial charge < -0.3 is 29.5 Å². The van der Waals surface area contributed by atoms with Gasteiger partial charge in [-0.25, -0.2) is 9.59 Å². The zero-order chi connectivity index (χ0) is 36.4. The number of fused-ring (bicyclic) bond motifs is 1. The first-order chi connectivity index (χ1) is 23.5. The predicted molar refractivity (Wildman–Crippen MR) is 183 cm³/mol. The number of alkyl halides is 3. The van der Waals surface area contributed by atoms with E-state index < -0.39 is 57.8 Å². The van der Waals surface area contributed by atoms with Crippen LogP contribution in [-0.4, -0.2) is 82.4 Å². The van der Waals surface area contributed by atoms with Gasteiger partial charge in [0, 0.05) is 37.1 Å². The number of nitrogens with one attached hydrogen (secondary N) is 1. The zero-order valence-electron chi connectivity index (χ0n) is 29.1. The number of thioether (sulfide) groups is 1. The largest absolute Gasteiger partial charge is 0.445 e. The highest BCUT2D eigenvalue weighted by Gasteiger charge is 2.52. The molecule has 2 heterocycles. The average Bonchev–Trinajstić information content (AvgIpc) is 3.02. The van der Waals surface area contributed by atoms with Crippen LogP contribution in [0, 0.1) is 0 Å². The minimum atomic E-state index is -4.86. The van der Waals surface area contributed by atoms with Crippen LogP contribution >= 0.6 is 11.8 Å². The van der Waals surface area contributed by atoms with Crippen molar-refractivity contribution in [2.75, 3.05) is 31.1 Å². The SMILES string of the molecule is CC(C)N(C(=O)c1cc2c(cc1C(F)(F)F)SC1(CCC1)C(=O)N2CCNC(=O)OCc1ccccc1)[C@@H]1CCCN(C(=O)OC(C)(C)C)C1. The van der Waals surface area contributed by atoms with E-state index in [9.17, 15) is 32.3 Å². The zero-order valence-corrected chi connectivity index (χ0v) is 29.9. The molecule has 0 bridgehead atoms. The van der Waals surface area contributed by atoms with Crippen molar-refractivity contribution in [1.29, 1.82) is 0 Å². The number of carbonyl (C=O) groups excluding carboxylic acids is 4. The minimum Gasteiger partial charge on any atom is -0.445 e. The molecule has 2 aromatic rings. The van der Waals surface area contributed by atoms with E-state index >= 15 is 0 Å². The van der Waals surface area contributed by atoms with Gasteiger partial charge in [-0.1, -0.05) is 30.3 Å². The fourth-order valence-electron chi connectivity index (χ4n) is 6.60. The Morgan fingerprint density at radius 2 is 1.78 bits per heavy atom. The molecule has 272 valence electrons. The molecular formula is C36H45F3N4O6S. The van der Waals surface area contributed by atoms with E-state index in [-0.39, 0.29) is 42.7 Å². The second-order valence-electron chi connectivity index (χ2n) is 14.3. The molecule has 5 rings (SSSR count). The molecule has 1 saturated heterocycles. The number of alkyl carbamates (subject to hydrolysis) is 1. The van der Waals surface area contributed by atoms with Crippen LogP contribution in [0.15, 0.2) is 47.4 Å². The smallest absolute Gasteiger partial charge is 0.417 e. The summed E-state index contributed by atoms with van der Waals surface area (Å²) >= 11 is 1.12. The molecule has 0 radical (unpaired) electrons. The Bertz CT molecular complexity index is 1590. The summed E-state index contributed by atoms with van der Waals surface area (Å²) in [5.74, 6) is -1.10. The van der Waals surface area contributed by atoms with Gasteiger partial charge in [0.25, 0.3) is 5.91 Å². The van der Waals surface area contributed by atoms with Crippen LogP contribution in [-0.2, 0) is 27.1 Å². The van der Waals surface area contributed by atoms with Crippen molar-refractivity contribution < 1.29 is 41.8 Å². The van der Waals surface area contributed by atoms with Crippen molar-refractivity contribution in [1.82, 2.24) is 15.1 Å². The number of likely N-dealkylation sites (tertiary alicyclic amines) is 1. The summed E-state index contributed by atoms with van der Waals surface area (Å²) < 4.78 is 54.2. The van der Waals surface area contributed by atoms with E-state index in [1.807, 2.05) is 30.3 Å². The first-order valence-electron chi connectivity index (χ1n) is 17.0. The average molecular weight is 719 g/mol. The molecule has 1 saturated carbocycles. The fraction of sp³-hybridized carbons (Fsp3) is 0.556. The minimum absolute atomic E-state index is 0.0233. The molecule has 2 aromatic carbocycles. The quantitative estimate of drug-likeness (QED) is 0.307. The van der Waals surface area contributed by atoms with Crippen LogP contribution in [0.2, 0.25) is 0 Å². The van der Waals surface area contributed by atoms with Crippen LogP contribution in [0.3, 0.4) is 0 Å². The highest BCUT2D eigenvalue weighted by Crippen LogP contribution is 2.56. The Kier molecular flexibility index (Phi) is 11.0. The number of anilines is 1. The molecule has 14 heteroatoms. The van der Waals surface area contributed by atoms with Crippen LogP contribution in [0.1, 0.15) is 88.2 Å². The molecule has 0 unspecified atom stereocenters. The van der Waals surface area contributed by atoms with E-state index in [1.165, 1.54) is 20.8 Å². The standard InChI is InChI=1S/C36H45F3N4O6S/c1-23(2)43(25-13-9-17-41(21-25)33(47)49-34(3,4)5)30(44)26-19-28-29(20-27(26)36(37,38)39)50-35(14-10-15-35)31(45)42(28)18-16-40-32(46)48-22-24-11-7-6-8-12-24/h6-8,11-12,19-20,23,25H,9-10,13-18,21-22H2,1-5H3,(H,40,46)/t25-/m1/s1. The van der Waals surface area contributed by atoms with Crippen LogP contribution < -0.4 is 10.2 Å². The van der Waals surface area contributed by atoms with Crippen molar-refractivity contribution in [3.63, 3.8) is 0 Å². The van der Waals surface area contributed by atoms with E-state index in [4.69, 9.17) is 9.47 Å². The molecule has 2 fully saturated rings. The normalized spacial score (nSPS) is 18.7. The van der Waals surface area contributed by atoms with Gasteiger partial charge in [0.1, 0.15) is 12.2 Å². The molecule has 2 aliphatic heterocycles. The summed E-state index contributed by atoms with van der Waals surface area (Å²) in [6.07, 6.45) is -3.29. The monoisotopic (exact) mass is 718 g/mol. The maximum absolute atomic E-state index is 14.8. The molecule has 4 amide bonds. The summed E-state index contributed by atoms with van der Waals surface area (Å²) in [6, 6.07) is 10.2. The van der Waals surface area contributed by atoms with Crippen LogP contribution in [0.5, 0.6) is 0 Å². The number of ether oxygens (including phenoxy) is 2. The molecule has 1 N–H and O–H groups in total. The second kappa shape index (κ2) is 14.7. The third kappa shape index (κ3) is 8.33. The Hall–Kier alpha value is -3.94. The Morgan fingerprint density at radius 3 is 2.38 bits per heavy atom. The van der Waals surface area contributed by atoms with Crippen molar-refractivity contribution in [2.45, 2.75) is 107 Å². The van der Waals surface area contributed by atoms with Gasteiger partial charge in [-0.3, -0.25) is 9.59 Å². The Morgan fingerprint density at radius 1 is 1.08 bits per heavy atom. The molecule has 1 atom stereocenters. The molecule has 0 aromatic heterocycles. The fourth-order valence-corrected chi connectivity index (χ4v) is 8.16. The lowest BCUT2D eigenvalue weighted by Gasteiger charge is -2.47. The molecule has 1 aliphatic carbocycles. The van der Waals surface area contributed by atoms with E-state index in [0.717, 1.165) is 29.8 Å². The van der Waals surface area contributed by atoms with Gasteiger partial charge in [0.2, 0.25) is 5.91 Å². The summed E-state index contributed by atoms with van der Waals surface area (Å²) in [4.78, 5) is 58.1. The van der Waals surface area contributed by atoms with Crippen molar-refractivity contribution >= 4 is 41.5 Å². The number of rotatable bonds is 8. The van der Waals surface area contributed by atoms with Crippen LogP contribution in [0.25, 0.3) is 0 Å². The van der Waals surface area contributed by atoms with Gasteiger partial charge in [0.15, 0.2) is 0 Å². The Balaban J connectivity index is 1.42. The third-order valence-corrected chi connectivity index (χ3v) is 10.6. The Labute approximate surface area is 295 Å². The van der Waals surface area contributed by atoms with Gasteiger partial charge in [-0.15, -0.1) is 11.8 Å². The number of amides is 4. The van der Waals surface area contributed by atoms with Crippen LogP contribution in [0.4, 0.5) is 28.4 Å². The highest BCUT2D eigenvalue weighted by molar-refractivity contribution is 8.01. The van der Waals surface area contributed by atoms with Crippen molar-refractivity contribution in [3.05, 3.63) is 59.2 Å². The lowest BCUT2D eigenvalue weighted by atomic mass is 9.82. The number of piperidine rings is 1. The molecule has 50 heavy (non-hydrogen) atoms. The van der Waals surface area contributed by atoms with Gasteiger partial charge in [-0.05, 0) is 84.4 Å². The first-order valence-corrected chi connectivity index (χ1v) is 17.8. The third-order valence-electron chi connectivity index (χ3n) is 9.08. The molecule has 1 spiro atoms. The number of carbonyl (C=O) groups is 4.